The Bertz CT molecular complexity index is 1990. The molecule has 1 aliphatic heterocycles. The van der Waals surface area contributed by atoms with E-state index in [0.717, 1.165) is 33.6 Å². The van der Waals surface area contributed by atoms with Crippen LogP contribution in [0.5, 0.6) is 0 Å². The van der Waals surface area contributed by atoms with E-state index in [1.54, 1.807) is 18.2 Å². The van der Waals surface area contributed by atoms with E-state index in [2.05, 4.69) is 29.2 Å². The van der Waals surface area contributed by atoms with Crippen LogP contribution in [0.25, 0.3) is 28.3 Å². The number of fused-ring (bicyclic) bond motifs is 2. The zero-order valence-electron chi connectivity index (χ0n) is 25.0. The van der Waals surface area contributed by atoms with E-state index >= 15 is 0 Å². The van der Waals surface area contributed by atoms with Crippen LogP contribution < -0.4 is 9.47 Å². The number of oxazole rings is 1. The minimum Gasteiger partial charge on any atom is -0.748 e. The van der Waals surface area contributed by atoms with Gasteiger partial charge in [-0.15, -0.1) is 0 Å². The molecule has 12 heteroatoms. The summed E-state index contributed by atoms with van der Waals surface area (Å²) in [5.74, 6) is -0.0148. The fourth-order valence-electron chi connectivity index (χ4n) is 5.50. The molecular weight excluding hydrogens is 636 g/mol. The number of aromatic nitrogens is 1. The summed E-state index contributed by atoms with van der Waals surface area (Å²) in [5.41, 5.74) is 7.33. The van der Waals surface area contributed by atoms with Crippen LogP contribution in [0.1, 0.15) is 44.6 Å². The first-order valence-electron chi connectivity index (χ1n) is 14.7. The Labute approximate surface area is 268 Å². The van der Waals surface area contributed by atoms with Crippen LogP contribution in [-0.4, -0.2) is 43.5 Å². The molecule has 1 aliphatic rings. The first-order valence-corrected chi connectivity index (χ1v) is 18.2. The molecule has 9 nitrogen and oxygen atoms in total. The Hall–Kier alpha value is -3.48. The summed E-state index contributed by atoms with van der Waals surface area (Å²) in [6.07, 6.45) is 5.55. The minimum atomic E-state index is -4.37. The summed E-state index contributed by atoms with van der Waals surface area (Å²) in [5, 5.41) is -0.434. The van der Waals surface area contributed by atoms with Crippen molar-refractivity contribution in [2.75, 3.05) is 17.2 Å². The molecule has 1 N–H and O–H groups in total. The van der Waals surface area contributed by atoms with Crippen LogP contribution in [0.2, 0.25) is 5.02 Å². The summed E-state index contributed by atoms with van der Waals surface area (Å²) < 4.78 is 75.1. The fraction of sp³-hybridized carbons (Fsp3) is 0.303. The summed E-state index contributed by atoms with van der Waals surface area (Å²) >= 11 is 6.26. The predicted molar refractivity (Wildman–Crippen MR) is 176 cm³/mol. The predicted octanol–water partition coefficient (Wildman–Crippen LogP) is 6.38. The number of rotatable bonds is 12. The molecule has 1 aromatic heterocycles. The molecule has 0 radical (unpaired) electrons. The number of benzene rings is 3. The number of allylic oxidation sites excluding steroid dienone is 3. The number of aryl methyl sites for hydroxylation is 1. The molecule has 1 unspecified atom stereocenters. The van der Waals surface area contributed by atoms with Crippen molar-refractivity contribution in [3.8, 4) is 11.1 Å². The molecular formula is C33H35ClN2O7S2. The third-order valence-electron chi connectivity index (χ3n) is 8.01. The zero-order chi connectivity index (χ0) is 32.4. The number of halogens is 1. The van der Waals surface area contributed by atoms with Gasteiger partial charge in [0.05, 0.1) is 21.4 Å². The molecule has 2 heterocycles. The van der Waals surface area contributed by atoms with Gasteiger partial charge < -0.3 is 13.9 Å². The second-order valence-corrected chi connectivity index (χ2v) is 15.0. The first kappa shape index (κ1) is 32.9. The molecule has 0 amide bonds. The van der Waals surface area contributed by atoms with Gasteiger partial charge in [-0.1, -0.05) is 61.0 Å². The number of hydrogen-bond donors (Lipinski definition) is 1. The molecule has 0 spiro atoms. The average molecular weight is 671 g/mol. The molecule has 0 saturated carbocycles. The highest BCUT2D eigenvalue weighted by Crippen LogP contribution is 2.39. The van der Waals surface area contributed by atoms with Crippen LogP contribution in [0.15, 0.2) is 88.5 Å². The lowest BCUT2D eigenvalue weighted by molar-refractivity contribution is -0.677. The standard InChI is InChI=1S/C33H35ClN2O7S2/c1-3-24(19-33-36(15-7-17-44(37,38)39)31-22-28(34)12-13-32(31)43-33)18-29-20-27-11-10-26(25-8-5-4-6-9-25)21-30(27)35(29)16-14-23(2)45(40,41)42/h4-6,8-13,18-19,21-23H,3,7,14-17,20H2,1-2H3,(H-,37,38,39,40,41,42). The second kappa shape index (κ2) is 13.5. The maximum atomic E-state index is 11.8. The van der Waals surface area contributed by atoms with Gasteiger partial charge in [0, 0.05) is 47.6 Å². The Morgan fingerprint density at radius 2 is 1.84 bits per heavy atom. The minimum absolute atomic E-state index is 0.111. The molecule has 238 valence electrons. The fourth-order valence-corrected chi connectivity index (χ4v) is 6.56. The van der Waals surface area contributed by atoms with Gasteiger partial charge in [-0.3, -0.25) is 4.55 Å². The third kappa shape index (κ3) is 8.03. The SMILES string of the molecule is CCC(=C\c1oc2ccc(Cl)cc2[n+]1CCCS(=O)(=O)[O-])/C=C1\Cc2ccc(-c3ccccc3)cc2N1CCC(C)S(=O)(=O)O. The average Bonchev–Trinajstić information content (AvgIpc) is 3.50. The largest absolute Gasteiger partial charge is 0.748 e. The highest BCUT2D eigenvalue weighted by atomic mass is 35.5. The van der Waals surface area contributed by atoms with Gasteiger partial charge >= 0.3 is 5.89 Å². The quantitative estimate of drug-likeness (QED) is 0.136. The van der Waals surface area contributed by atoms with E-state index in [1.165, 1.54) is 6.92 Å². The van der Waals surface area contributed by atoms with Crippen molar-refractivity contribution in [3.05, 3.63) is 101 Å². The Morgan fingerprint density at radius 1 is 1.09 bits per heavy atom. The van der Waals surface area contributed by atoms with Crippen molar-refractivity contribution >= 4 is 54.7 Å². The van der Waals surface area contributed by atoms with E-state index in [9.17, 15) is 25.9 Å². The van der Waals surface area contributed by atoms with Crippen molar-refractivity contribution in [2.24, 2.45) is 0 Å². The molecule has 4 aromatic rings. The van der Waals surface area contributed by atoms with Crippen LogP contribution in [0, 0.1) is 0 Å². The lowest BCUT2D eigenvalue weighted by Gasteiger charge is -2.24. The number of anilines is 1. The maximum Gasteiger partial charge on any atom is 0.374 e. The van der Waals surface area contributed by atoms with Crippen molar-refractivity contribution in [1.82, 2.24) is 0 Å². The Morgan fingerprint density at radius 3 is 2.53 bits per heavy atom. The number of nitrogens with zero attached hydrogens (tertiary/aromatic N) is 2. The monoisotopic (exact) mass is 670 g/mol. The van der Waals surface area contributed by atoms with Gasteiger partial charge in [0.1, 0.15) is 0 Å². The molecule has 45 heavy (non-hydrogen) atoms. The van der Waals surface area contributed by atoms with E-state index in [-0.39, 0.29) is 19.4 Å². The van der Waals surface area contributed by atoms with Gasteiger partial charge in [0.15, 0.2) is 6.54 Å². The molecule has 0 fully saturated rings. The van der Waals surface area contributed by atoms with Gasteiger partial charge in [0.25, 0.3) is 15.6 Å². The lowest BCUT2D eigenvalue weighted by Crippen LogP contribution is -2.36. The van der Waals surface area contributed by atoms with Gasteiger partial charge in [-0.05, 0) is 66.3 Å². The van der Waals surface area contributed by atoms with E-state index in [0.29, 0.717) is 41.4 Å². The van der Waals surface area contributed by atoms with Crippen molar-refractivity contribution < 1.29 is 34.9 Å². The highest BCUT2D eigenvalue weighted by molar-refractivity contribution is 7.86. The smallest absolute Gasteiger partial charge is 0.374 e. The molecule has 1 atom stereocenters. The zero-order valence-corrected chi connectivity index (χ0v) is 27.4. The molecule has 5 rings (SSSR count). The van der Waals surface area contributed by atoms with Crippen molar-refractivity contribution in [2.45, 2.75) is 51.3 Å². The lowest BCUT2D eigenvalue weighted by atomic mass is 10.0. The van der Waals surface area contributed by atoms with E-state index in [1.807, 2.05) is 47.9 Å². The highest BCUT2D eigenvalue weighted by Gasteiger charge is 2.28. The molecule has 3 aromatic carbocycles. The van der Waals surface area contributed by atoms with Crippen LogP contribution in [-0.2, 0) is 33.2 Å². The van der Waals surface area contributed by atoms with Gasteiger partial charge in [0.2, 0.25) is 5.58 Å². The Kier molecular flexibility index (Phi) is 9.85. The summed E-state index contributed by atoms with van der Waals surface area (Å²) in [6, 6.07) is 21.5. The van der Waals surface area contributed by atoms with E-state index < -0.39 is 31.2 Å². The molecule has 0 bridgehead atoms. The maximum absolute atomic E-state index is 11.8. The molecule has 0 saturated heterocycles. The van der Waals surface area contributed by atoms with Crippen LogP contribution in [0.3, 0.4) is 0 Å². The van der Waals surface area contributed by atoms with Crippen molar-refractivity contribution in [1.29, 1.82) is 0 Å². The van der Waals surface area contributed by atoms with Crippen LogP contribution in [0.4, 0.5) is 5.69 Å². The van der Waals surface area contributed by atoms with Crippen molar-refractivity contribution in [3.63, 3.8) is 0 Å². The van der Waals surface area contributed by atoms with E-state index in [4.69, 9.17) is 16.0 Å². The third-order valence-corrected chi connectivity index (χ3v) is 10.3. The van der Waals surface area contributed by atoms with Gasteiger partial charge in [-0.25, -0.2) is 8.42 Å². The number of hydrogen-bond acceptors (Lipinski definition) is 7. The topological polar surface area (TPSA) is 132 Å². The summed E-state index contributed by atoms with van der Waals surface area (Å²) in [6.45, 7) is 4.12. The summed E-state index contributed by atoms with van der Waals surface area (Å²) in [7, 11) is -8.56. The Balaban J connectivity index is 1.54. The second-order valence-electron chi connectivity index (χ2n) is 11.2. The summed E-state index contributed by atoms with van der Waals surface area (Å²) in [4.78, 5) is 2.11. The van der Waals surface area contributed by atoms with Gasteiger partial charge in [-0.2, -0.15) is 13.0 Å². The first-order chi connectivity index (χ1) is 21.3. The normalized spacial score (nSPS) is 15.6. The molecule has 0 aliphatic carbocycles. The van der Waals surface area contributed by atoms with Crippen LogP contribution >= 0.6 is 11.6 Å².